The van der Waals surface area contributed by atoms with Crippen molar-refractivity contribution in [2.45, 2.75) is 24.3 Å². The standard InChI is InChI=1S/C13H18N2O3S/c1-3-19(17,18)11-6-4-5-10(9-11)14-12-7-8-15(2)13(12)16/h4-6,9,12,14H,3,7-8H2,1-2H3/t12-/m1/s1. The Morgan fingerprint density at radius 3 is 2.74 bits per heavy atom. The molecular weight excluding hydrogens is 264 g/mol. The maximum absolute atomic E-state index is 11.8. The van der Waals surface area contributed by atoms with Crippen LogP contribution in [0.5, 0.6) is 0 Å². The third kappa shape index (κ3) is 2.89. The molecule has 1 amide bonds. The molecule has 0 saturated carbocycles. The fourth-order valence-electron chi connectivity index (χ4n) is 2.10. The molecule has 6 heteroatoms. The largest absolute Gasteiger partial charge is 0.374 e. The predicted molar refractivity (Wildman–Crippen MR) is 73.8 cm³/mol. The van der Waals surface area contributed by atoms with Crippen molar-refractivity contribution < 1.29 is 13.2 Å². The minimum Gasteiger partial charge on any atom is -0.374 e. The number of hydrogen-bond donors (Lipinski definition) is 1. The van der Waals surface area contributed by atoms with E-state index < -0.39 is 9.84 Å². The fourth-order valence-corrected chi connectivity index (χ4v) is 3.03. The van der Waals surface area contributed by atoms with E-state index in [-0.39, 0.29) is 17.7 Å². The summed E-state index contributed by atoms with van der Waals surface area (Å²) >= 11 is 0. The van der Waals surface area contributed by atoms with E-state index in [2.05, 4.69) is 5.32 Å². The molecule has 1 saturated heterocycles. The molecule has 0 spiro atoms. The van der Waals surface area contributed by atoms with E-state index >= 15 is 0 Å². The van der Waals surface area contributed by atoms with Crippen LogP contribution < -0.4 is 5.32 Å². The van der Waals surface area contributed by atoms with Gasteiger partial charge in [-0.15, -0.1) is 0 Å². The molecule has 1 aromatic carbocycles. The molecule has 0 radical (unpaired) electrons. The van der Waals surface area contributed by atoms with E-state index in [1.54, 1.807) is 43.1 Å². The fraction of sp³-hybridized carbons (Fsp3) is 0.462. The summed E-state index contributed by atoms with van der Waals surface area (Å²) in [5.74, 6) is 0.116. The van der Waals surface area contributed by atoms with Crippen molar-refractivity contribution in [2.75, 3.05) is 24.7 Å². The molecule has 1 aromatic rings. The Labute approximate surface area is 113 Å². The molecule has 1 atom stereocenters. The van der Waals surface area contributed by atoms with Crippen molar-refractivity contribution >= 4 is 21.4 Å². The summed E-state index contributed by atoms with van der Waals surface area (Å²) in [6.45, 7) is 2.34. The highest BCUT2D eigenvalue weighted by atomic mass is 32.2. The van der Waals surface area contributed by atoms with Crippen molar-refractivity contribution in [1.29, 1.82) is 0 Å². The first-order valence-corrected chi connectivity index (χ1v) is 7.93. The van der Waals surface area contributed by atoms with Crippen LogP contribution >= 0.6 is 0 Å². The van der Waals surface area contributed by atoms with Gasteiger partial charge in [0.25, 0.3) is 0 Å². The number of sulfone groups is 1. The van der Waals surface area contributed by atoms with Gasteiger partial charge in [-0.3, -0.25) is 4.79 Å². The van der Waals surface area contributed by atoms with Crippen LogP contribution in [0.2, 0.25) is 0 Å². The minimum absolute atomic E-state index is 0.0451. The number of nitrogens with zero attached hydrogens (tertiary/aromatic N) is 1. The van der Waals surface area contributed by atoms with Crippen molar-refractivity contribution in [3.05, 3.63) is 24.3 Å². The monoisotopic (exact) mass is 282 g/mol. The van der Waals surface area contributed by atoms with Crippen LogP contribution in [-0.4, -0.2) is 44.6 Å². The Morgan fingerprint density at radius 2 is 2.16 bits per heavy atom. The summed E-state index contributed by atoms with van der Waals surface area (Å²) < 4.78 is 23.6. The summed E-state index contributed by atoms with van der Waals surface area (Å²) in [5.41, 5.74) is 0.670. The Bertz CT molecular complexity index is 583. The highest BCUT2D eigenvalue weighted by Gasteiger charge is 2.28. The summed E-state index contributed by atoms with van der Waals surface area (Å²) in [7, 11) is -1.45. The Kier molecular flexibility index (Phi) is 3.80. The number of amides is 1. The number of anilines is 1. The summed E-state index contributed by atoms with van der Waals surface area (Å²) in [4.78, 5) is 13.8. The molecule has 0 bridgehead atoms. The molecule has 1 fully saturated rings. The zero-order chi connectivity index (χ0) is 14.0. The average molecular weight is 282 g/mol. The van der Waals surface area contributed by atoms with Gasteiger partial charge in [-0.1, -0.05) is 13.0 Å². The zero-order valence-corrected chi connectivity index (χ0v) is 11.9. The number of benzene rings is 1. The van der Waals surface area contributed by atoms with Crippen LogP contribution in [0, 0.1) is 0 Å². The summed E-state index contributed by atoms with van der Waals surface area (Å²) in [6.07, 6.45) is 0.736. The predicted octanol–water partition coefficient (Wildman–Crippen LogP) is 1.12. The molecule has 0 unspecified atom stereocenters. The topological polar surface area (TPSA) is 66.5 Å². The molecule has 1 aliphatic heterocycles. The lowest BCUT2D eigenvalue weighted by molar-refractivity contribution is -0.127. The first-order chi connectivity index (χ1) is 8.94. The molecule has 0 aliphatic carbocycles. The van der Waals surface area contributed by atoms with Crippen LogP contribution in [-0.2, 0) is 14.6 Å². The number of likely N-dealkylation sites (N-methyl/N-ethyl adjacent to an activating group) is 1. The Hall–Kier alpha value is -1.56. The SMILES string of the molecule is CCS(=O)(=O)c1cccc(N[C@@H]2CCN(C)C2=O)c1. The van der Waals surface area contributed by atoms with Gasteiger partial charge < -0.3 is 10.2 Å². The maximum Gasteiger partial charge on any atom is 0.244 e. The van der Waals surface area contributed by atoms with E-state index in [1.807, 2.05) is 0 Å². The highest BCUT2D eigenvalue weighted by molar-refractivity contribution is 7.91. The van der Waals surface area contributed by atoms with Crippen LogP contribution in [0.4, 0.5) is 5.69 Å². The van der Waals surface area contributed by atoms with E-state index in [9.17, 15) is 13.2 Å². The molecule has 1 heterocycles. The van der Waals surface area contributed by atoms with Crippen molar-refractivity contribution in [3.8, 4) is 0 Å². The smallest absolute Gasteiger partial charge is 0.244 e. The number of carbonyl (C=O) groups excluding carboxylic acids is 1. The van der Waals surface area contributed by atoms with Gasteiger partial charge >= 0.3 is 0 Å². The molecule has 1 N–H and O–H groups in total. The number of carbonyl (C=O) groups is 1. The molecular formula is C13H18N2O3S. The Balaban J connectivity index is 2.19. The summed E-state index contributed by atoms with van der Waals surface area (Å²) in [6, 6.07) is 6.37. The molecule has 2 rings (SSSR count). The van der Waals surface area contributed by atoms with Crippen LogP contribution in [0.3, 0.4) is 0 Å². The van der Waals surface area contributed by atoms with Crippen molar-refractivity contribution in [2.24, 2.45) is 0 Å². The minimum atomic E-state index is -3.21. The molecule has 104 valence electrons. The van der Waals surface area contributed by atoms with Gasteiger partial charge in [0.15, 0.2) is 9.84 Å². The van der Waals surface area contributed by atoms with Crippen molar-refractivity contribution in [1.82, 2.24) is 4.90 Å². The second kappa shape index (κ2) is 5.21. The van der Waals surface area contributed by atoms with Gasteiger partial charge in [-0.05, 0) is 24.6 Å². The lowest BCUT2D eigenvalue weighted by atomic mass is 10.2. The van der Waals surface area contributed by atoms with Gasteiger partial charge in [0, 0.05) is 19.3 Å². The first kappa shape index (κ1) is 13.9. The third-order valence-corrected chi connectivity index (χ3v) is 5.07. The molecule has 5 nitrogen and oxygen atoms in total. The number of rotatable bonds is 4. The van der Waals surface area contributed by atoms with Crippen LogP contribution in [0.15, 0.2) is 29.2 Å². The quantitative estimate of drug-likeness (QED) is 0.899. The molecule has 1 aliphatic rings. The third-order valence-electron chi connectivity index (χ3n) is 3.34. The molecule has 0 aromatic heterocycles. The van der Waals surface area contributed by atoms with Gasteiger partial charge in [0.05, 0.1) is 10.6 Å². The maximum atomic E-state index is 11.8. The lowest BCUT2D eigenvalue weighted by Gasteiger charge is -2.14. The van der Waals surface area contributed by atoms with Gasteiger partial charge in [-0.25, -0.2) is 8.42 Å². The van der Waals surface area contributed by atoms with E-state index in [0.29, 0.717) is 10.6 Å². The summed E-state index contributed by atoms with van der Waals surface area (Å²) in [5, 5.41) is 3.10. The number of nitrogens with one attached hydrogen (secondary N) is 1. The van der Waals surface area contributed by atoms with E-state index in [0.717, 1.165) is 13.0 Å². The van der Waals surface area contributed by atoms with Crippen LogP contribution in [0.1, 0.15) is 13.3 Å². The Morgan fingerprint density at radius 1 is 1.42 bits per heavy atom. The average Bonchev–Trinajstić information content (AvgIpc) is 2.71. The van der Waals surface area contributed by atoms with Gasteiger partial charge in [0.1, 0.15) is 6.04 Å². The molecule has 19 heavy (non-hydrogen) atoms. The second-order valence-corrected chi connectivity index (χ2v) is 6.95. The van der Waals surface area contributed by atoms with E-state index in [1.165, 1.54) is 0 Å². The van der Waals surface area contributed by atoms with Crippen LogP contribution in [0.25, 0.3) is 0 Å². The first-order valence-electron chi connectivity index (χ1n) is 6.28. The number of hydrogen-bond acceptors (Lipinski definition) is 4. The normalized spacial score (nSPS) is 19.8. The van der Waals surface area contributed by atoms with Gasteiger partial charge in [0.2, 0.25) is 5.91 Å². The highest BCUT2D eigenvalue weighted by Crippen LogP contribution is 2.20. The number of likely N-dealkylation sites (tertiary alicyclic amines) is 1. The second-order valence-electron chi connectivity index (χ2n) is 4.68. The zero-order valence-electron chi connectivity index (χ0n) is 11.1. The lowest BCUT2D eigenvalue weighted by Crippen LogP contribution is -2.30. The van der Waals surface area contributed by atoms with E-state index in [4.69, 9.17) is 0 Å². The van der Waals surface area contributed by atoms with Crippen molar-refractivity contribution in [3.63, 3.8) is 0 Å². The van der Waals surface area contributed by atoms with Gasteiger partial charge in [-0.2, -0.15) is 0 Å².